The summed E-state index contributed by atoms with van der Waals surface area (Å²) in [5.74, 6) is 0. The number of rotatable bonds is 3. The minimum absolute atomic E-state index is 0.0658. The Balaban J connectivity index is 2.60. The lowest BCUT2D eigenvalue weighted by atomic mass is 9.89. The molecule has 5 nitrogen and oxygen atoms in total. The number of carbonyl (C=O) groups is 1. The van der Waals surface area contributed by atoms with Crippen LogP contribution in [0.4, 0.5) is 4.79 Å². The van der Waals surface area contributed by atoms with Gasteiger partial charge < -0.3 is 15.6 Å². The van der Waals surface area contributed by atoms with Crippen molar-refractivity contribution in [2.45, 2.75) is 32.8 Å². The number of benzene rings is 1. The molecule has 0 atom stereocenters. The Morgan fingerprint density at radius 1 is 1.38 bits per heavy atom. The zero-order valence-electron chi connectivity index (χ0n) is 12.2. The monoisotopic (exact) mass is 306 g/mol. The number of aliphatic hydroxyl groups excluding tert-OH is 1. The van der Waals surface area contributed by atoms with Gasteiger partial charge in [-0.25, -0.2) is 9.78 Å². The SMILES string of the molecule is CC(C)(C)c1nc(OC(N)=O)sc1-c1ccccc1CO. The fourth-order valence-electron chi connectivity index (χ4n) is 2.00. The van der Waals surface area contributed by atoms with Crippen LogP contribution in [-0.4, -0.2) is 16.2 Å². The van der Waals surface area contributed by atoms with Crippen LogP contribution in [-0.2, 0) is 12.0 Å². The van der Waals surface area contributed by atoms with Gasteiger partial charge in [0.25, 0.3) is 5.19 Å². The van der Waals surface area contributed by atoms with E-state index in [-0.39, 0.29) is 17.2 Å². The predicted octanol–water partition coefficient (Wildman–Crippen LogP) is 3.06. The molecule has 2 rings (SSSR count). The third-order valence-electron chi connectivity index (χ3n) is 2.94. The van der Waals surface area contributed by atoms with E-state index < -0.39 is 6.09 Å². The Labute approximate surface area is 127 Å². The molecule has 0 aliphatic carbocycles. The fraction of sp³-hybridized carbons (Fsp3) is 0.333. The van der Waals surface area contributed by atoms with Crippen LogP contribution in [0.15, 0.2) is 24.3 Å². The van der Waals surface area contributed by atoms with Crippen LogP contribution < -0.4 is 10.5 Å². The maximum atomic E-state index is 10.9. The van der Waals surface area contributed by atoms with Gasteiger partial charge in [-0.05, 0) is 11.1 Å². The topological polar surface area (TPSA) is 85.4 Å². The average molecular weight is 306 g/mol. The number of hydrogen-bond donors (Lipinski definition) is 2. The van der Waals surface area contributed by atoms with E-state index in [2.05, 4.69) is 4.98 Å². The second kappa shape index (κ2) is 5.83. The minimum Gasteiger partial charge on any atom is -0.392 e. The summed E-state index contributed by atoms with van der Waals surface area (Å²) in [5, 5.41) is 9.72. The lowest BCUT2D eigenvalue weighted by Gasteiger charge is -2.18. The Hall–Kier alpha value is -1.92. The molecule has 1 aromatic carbocycles. The van der Waals surface area contributed by atoms with Gasteiger partial charge in [-0.15, -0.1) is 0 Å². The molecule has 0 aliphatic heterocycles. The summed E-state index contributed by atoms with van der Waals surface area (Å²) in [6.45, 7) is 6.02. The first-order valence-corrected chi connectivity index (χ1v) is 7.32. The molecule has 0 radical (unpaired) electrons. The molecule has 21 heavy (non-hydrogen) atoms. The summed E-state index contributed by atoms with van der Waals surface area (Å²) in [6, 6.07) is 7.54. The second-order valence-electron chi connectivity index (χ2n) is 5.64. The maximum Gasteiger partial charge on any atom is 0.411 e. The molecule has 1 heterocycles. The molecule has 6 heteroatoms. The van der Waals surface area contributed by atoms with Crippen LogP contribution in [0.1, 0.15) is 32.0 Å². The minimum atomic E-state index is -0.883. The van der Waals surface area contributed by atoms with Gasteiger partial charge in [0.15, 0.2) is 0 Å². The van der Waals surface area contributed by atoms with Crippen LogP contribution in [0.5, 0.6) is 5.19 Å². The van der Waals surface area contributed by atoms with E-state index in [1.807, 2.05) is 45.0 Å². The molecule has 112 valence electrons. The van der Waals surface area contributed by atoms with Crippen LogP contribution in [0.3, 0.4) is 0 Å². The number of thiazole rings is 1. The zero-order chi connectivity index (χ0) is 15.6. The third-order valence-corrected chi connectivity index (χ3v) is 3.90. The summed E-state index contributed by atoms with van der Waals surface area (Å²) in [4.78, 5) is 16.2. The summed E-state index contributed by atoms with van der Waals surface area (Å²) < 4.78 is 4.91. The van der Waals surface area contributed by atoms with Crippen molar-refractivity contribution < 1.29 is 14.6 Å². The van der Waals surface area contributed by atoms with Crippen molar-refractivity contribution in [2.75, 3.05) is 0 Å². The van der Waals surface area contributed by atoms with E-state index in [0.29, 0.717) is 0 Å². The molecular weight excluding hydrogens is 288 g/mol. The molecule has 3 N–H and O–H groups in total. The lowest BCUT2D eigenvalue weighted by Crippen LogP contribution is -2.17. The summed E-state index contributed by atoms with van der Waals surface area (Å²) in [7, 11) is 0. The first-order chi connectivity index (χ1) is 9.82. The Bertz CT molecular complexity index is 659. The van der Waals surface area contributed by atoms with E-state index in [1.54, 1.807) is 0 Å². The Morgan fingerprint density at radius 3 is 2.62 bits per heavy atom. The summed E-state index contributed by atoms with van der Waals surface area (Å²) >= 11 is 1.25. The number of hydrogen-bond acceptors (Lipinski definition) is 5. The highest BCUT2D eigenvalue weighted by Crippen LogP contribution is 2.41. The zero-order valence-corrected chi connectivity index (χ0v) is 13.0. The number of primary amides is 1. The highest BCUT2D eigenvalue weighted by atomic mass is 32.1. The molecule has 0 saturated heterocycles. The molecule has 2 aromatic rings. The van der Waals surface area contributed by atoms with Crippen molar-refractivity contribution in [3.8, 4) is 15.6 Å². The Kier molecular flexibility index (Phi) is 4.29. The van der Waals surface area contributed by atoms with Crippen molar-refractivity contribution in [1.29, 1.82) is 0 Å². The number of amides is 1. The van der Waals surface area contributed by atoms with Crippen LogP contribution in [0.25, 0.3) is 10.4 Å². The maximum absolute atomic E-state index is 10.9. The van der Waals surface area contributed by atoms with E-state index in [4.69, 9.17) is 10.5 Å². The van der Waals surface area contributed by atoms with Crippen LogP contribution in [0, 0.1) is 0 Å². The summed E-state index contributed by atoms with van der Waals surface area (Å²) in [6.07, 6.45) is -0.883. The molecule has 0 aliphatic rings. The fourth-order valence-corrected chi connectivity index (χ4v) is 3.19. The predicted molar refractivity (Wildman–Crippen MR) is 82.4 cm³/mol. The molecular formula is C15H18N2O3S. The van der Waals surface area contributed by atoms with Gasteiger partial charge in [0.1, 0.15) is 0 Å². The van der Waals surface area contributed by atoms with Crippen molar-refractivity contribution in [3.63, 3.8) is 0 Å². The number of aromatic nitrogens is 1. The van der Waals surface area contributed by atoms with Gasteiger partial charge in [-0.3, -0.25) is 0 Å². The van der Waals surface area contributed by atoms with Gasteiger partial charge in [0.05, 0.1) is 17.2 Å². The van der Waals surface area contributed by atoms with E-state index in [1.165, 1.54) is 11.3 Å². The first kappa shape index (κ1) is 15.5. The first-order valence-electron chi connectivity index (χ1n) is 6.50. The summed E-state index contributed by atoms with van der Waals surface area (Å²) in [5.41, 5.74) is 7.33. The van der Waals surface area contributed by atoms with Crippen LogP contribution in [0.2, 0.25) is 0 Å². The molecule has 0 fully saturated rings. The molecule has 1 aromatic heterocycles. The van der Waals surface area contributed by atoms with Crippen molar-refractivity contribution in [2.24, 2.45) is 5.73 Å². The number of nitrogens with two attached hydrogens (primary N) is 1. The van der Waals surface area contributed by atoms with Gasteiger partial charge >= 0.3 is 6.09 Å². The quantitative estimate of drug-likeness (QED) is 0.912. The molecule has 0 bridgehead atoms. The van der Waals surface area contributed by atoms with Gasteiger partial charge in [-0.1, -0.05) is 56.4 Å². The lowest BCUT2D eigenvalue weighted by molar-refractivity contribution is 0.210. The number of aliphatic hydroxyl groups is 1. The third kappa shape index (κ3) is 3.40. The number of ether oxygens (including phenoxy) is 1. The normalized spacial score (nSPS) is 11.4. The average Bonchev–Trinajstić information content (AvgIpc) is 2.81. The van der Waals surface area contributed by atoms with Crippen molar-refractivity contribution in [1.82, 2.24) is 4.98 Å². The number of nitrogens with zero attached hydrogens (tertiary/aromatic N) is 1. The van der Waals surface area contributed by atoms with E-state index in [9.17, 15) is 9.90 Å². The Morgan fingerprint density at radius 2 is 2.05 bits per heavy atom. The largest absolute Gasteiger partial charge is 0.411 e. The van der Waals surface area contributed by atoms with Crippen LogP contribution >= 0.6 is 11.3 Å². The van der Waals surface area contributed by atoms with E-state index in [0.717, 1.165) is 21.7 Å². The highest BCUT2D eigenvalue weighted by Gasteiger charge is 2.26. The standard InChI is InChI=1S/C15H18N2O3S/c1-15(2,3)12-11(21-14(17-12)20-13(16)19)10-7-5-4-6-9(10)8-18/h4-7,18H,8H2,1-3H3,(H2,16,19). The van der Waals surface area contributed by atoms with Gasteiger partial charge in [-0.2, -0.15) is 0 Å². The van der Waals surface area contributed by atoms with E-state index >= 15 is 0 Å². The second-order valence-corrected chi connectivity index (χ2v) is 6.61. The van der Waals surface area contributed by atoms with Gasteiger partial charge in [0.2, 0.25) is 0 Å². The van der Waals surface area contributed by atoms with Crippen molar-refractivity contribution in [3.05, 3.63) is 35.5 Å². The van der Waals surface area contributed by atoms with Crippen molar-refractivity contribution >= 4 is 17.4 Å². The number of carbonyl (C=O) groups excluding carboxylic acids is 1. The highest BCUT2D eigenvalue weighted by molar-refractivity contribution is 7.17. The van der Waals surface area contributed by atoms with Gasteiger partial charge in [0, 0.05) is 5.41 Å². The smallest absolute Gasteiger partial charge is 0.392 e. The molecule has 0 saturated carbocycles. The molecule has 0 spiro atoms. The molecule has 1 amide bonds. The molecule has 0 unspecified atom stereocenters.